The van der Waals surface area contributed by atoms with E-state index in [0.29, 0.717) is 19.5 Å². The molecule has 1 amide bonds. The van der Waals surface area contributed by atoms with Gasteiger partial charge in [-0.1, -0.05) is 18.2 Å². The summed E-state index contributed by atoms with van der Waals surface area (Å²) in [6, 6.07) is 10.3. The van der Waals surface area contributed by atoms with Crippen LogP contribution in [0.1, 0.15) is 22.4 Å². The number of carbonyl (C=O) groups excluding carboxylic acids is 1. The lowest BCUT2D eigenvalue weighted by molar-refractivity contribution is -0.159. The van der Waals surface area contributed by atoms with Gasteiger partial charge < -0.3 is 19.8 Å². The molecule has 212 valence electrons. The number of rotatable bonds is 7. The molecule has 5 rings (SSSR count). The molecule has 2 saturated heterocycles. The van der Waals surface area contributed by atoms with Crippen LogP contribution in [0, 0.1) is 0 Å². The van der Waals surface area contributed by atoms with Crippen molar-refractivity contribution in [2.75, 3.05) is 50.8 Å². The number of nitrogens with zero attached hydrogens (tertiary/aromatic N) is 3. The predicted molar refractivity (Wildman–Crippen MR) is 145 cm³/mol. The number of hydrogen-bond acceptors (Lipinski definition) is 9. The highest BCUT2D eigenvalue weighted by molar-refractivity contribution is 7.91. The molecule has 0 aliphatic carbocycles. The molecule has 2 N–H and O–H groups in total. The summed E-state index contributed by atoms with van der Waals surface area (Å²) in [7, 11) is -3.05. The summed E-state index contributed by atoms with van der Waals surface area (Å²) in [6.07, 6.45) is 1.53. The first kappa shape index (κ1) is 29.0. The minimum absolute atomic E-state index is 0.0394. The van der Waals surface area contributed by atoms with E-state index in [1.807, 2.05) is 22.4 Å². The molecule has 0 saturated carbocycles. The van der Waals surface area contributed by atoms with Crippen LogP contribution >= 0.6 is 11.3 Å². The van der Waals surface area contributed by atoms with Gasteiger partial charge in [0.2, 0.25) is 5.91 Å². The zero-order chi connectivity index (χ0) is 28.0. The molecule has 2 aromatic rings. The fourth-order valence-electron chi connectivity index (χ4n) is 5.00. The Labute approximate surface area is 231 Å². The number of carboxylic acid groups (broad SMARTS) is 2. The van der Waals surface area contributed by atoms with Gasteiger partial charge in [-0.05, 0) is 35.1 Å². The van der Waals surface area contributed by atoms with Crippen LogP contribution in [0.2, 0.25) is 0 Å². The number of carboxylic acids is 2. The maximum absolute atomic E-state index is 13.3. The molecule has 1 atom stereocenters. The summed E-state index contributed by atoms with van der Waals surface area (Å²) in [5.74, 6) is -2.32. The van der Waals surface area contributed by atoms with Crippen LogP contribution in [0.15, 0.2) is 35.7 Å². The molecular weight excluding hydrogens is 546 g/mol. The van der Waals surface area contributed by atoms with Crippen molar-refractivity contribution in [3.05, 3.63) is 51.7 Å². The number of ether oxygens (including phenoxy) is 1. The lowest BCUT2D eigenvalue weighted by Gasteiger charge is -2.36. The molecule has 0 bridgehead atoms. The number of aliphatic carboxylic acids is 2. The van der Waals surface area contributed by atoms with Gasteiger partial charge in [-0.25, -0.2) is 18.0 Å². The Balaban J connectivity index is 0.000000531. The van der Waals surface area contributed by atoms with Crippen molar-refractivity contribution in [3.63, 3.8) is 0 Å². The quantitative estimate of drug-likeness (QED) is 0.459. The normalized spacial score (nSPS) is 20.4. The second-order valence-electron chi connectivity index (χ2n) is 9.86. The number of benzene rings is 1. The fourth-order valence-corrected chi connectivity index (χ4v) is 7.43. The third-order valence-corrected chi connectivity index (χ3v) is 9.65. The van der Waals surface area contributed by atoms with Gasteiger partial charge >= 0.3 is 11.9 Å². The van der Waals surface area contributed by atoms with E-state index in [-0.39, 0.29) is 23.5 Å². The minimum Gasteiger partial charge on any atom is -0.493 e. The second kappa shape index (κ2) is 12.9. The largest absolute Gasteiger partial charge is 0.493 e. The Bertz CT molecular complexity index is 1260. The van der Waals surface area contributed by atoms with Crippen molar-refractivity contribution in [2.45, 2.75) is 32.0 Å². The van der Waals surface area contributed by atoms with Crippen LogP contribution < -0.4 is 4.74 Å². The smallest absolute Gasteiger partial charge is 0.414 e. The fraction of sp³-hybridized carbons (Fsp3) is 0.500. The van der Waals surface area contributed by atoms with Crippen molar-refractivity contribution in [2.24, 2.45) is 0 Å². The van der Waals surface area contributed by atoms with Crippen LogP contribution in [0.5, 0.6) is 5.75 Å². The van der Waals surface area contributed by atoms with Crippen LogP contribution in [0.4, 0.5) is 0 Å². The van der Waals surface area contributed by atoms with Gasteiger partial charge in [0.1, 0.15) is 5.75 Å². The van der Waals surface area contributed by atoms with Gasteiger partial charge in [-0.15, -0.1) is 11.3 Å². The van der Waals surface area contributed by atoms with Crippen molar-refractivity contribution in [1.82, 2.24) is 14.7 Å². The maximum Gasteiger partial charge on any atom is 0.414 e. The van der Waals surface area contributed by atoms with E-state index in [2.05, 4.69) is 28.0 Å². The monoisotopic (exact) mass is 579 g/mol. The number of amides is 1. The number of hydrogen-bond donors (Lipinski definition) is 2. The minimum atomic E-state index is -3.05. The summed E-state index contributed by atoms with van der Waals surface area (Å²) in [4.78, 5) is 39.0. The van der Waals surface area contributed by atoms with Crippen molar-refractivity contribution in [3.8, 4) is 5.75 Å². The lowest BCUT2D eigenvalue weighted by atomic mass is 10.1. The van der Waals surface area contributed by atoms with E-state index >= 15 is 0 Å². The van der Waals surface area contributed by atoms with Crippen LogP contribution in [-0.4, -0.2) is 108 Å². The molecular formula is C26H33N3O8S2. The average Bonchev–Trinajstić information content (AvgIpc) is 3.65. The SMILES string of the molecule is O=C(CN1CCN(Cc2ccc3c(c2)CCO3)CC1)N(Cc1cccs1)C1CCS(=O)(=O)C1.O=C(O)C(=O)O. The molecule has 0 spiro atoms. The van der Waals surface area contributed by atoms with Gasteiger partial charge in [-0.3, -0.25) is 14.6 Å². The van der Waals surface area contributed by atoms with Gasteiger partial charge in [0.15, 0.2) is 9.84 Å². The zero-order valence-electron chi connectivity index (χ0n) is 21.5. The molecule has 4 heterocycles. The van der Waals surface area contributed by atoms with Gasteiger partial charge in [0.25, 0.3) is 0 Å². The van der Waals surface area contributed by atoms with E-state index in [1.165, 1.54) is 11.1 Å². The Kier molecular flexibility index (Phi) is 9.59. The Hall–Kier alpha value is -3.00. The van der Waals surface area contributed by atoms with E-state index < -0.39 is 21.8 Å². The Morgan fingerprint density at radius 3 is 2.38 bits per heavy atom. The first-order valence-electron chi connectivity index (χ1n) is 12.8. The van der Waals surface area contributed by atoms with Crippen LogP contribution in [0.25, 0.3) is 0 Å². The summed E-state index contributed by atoms with van der Waals surface area (Å²) >= 11 is 1.61. The third-order valence-electron chi connectivity index (χ3n) is 7.04. The molecule has 0 radical (unpaired) electrons. The highest BCUT2D eigenvalue weighted by Crippen LogP contribution is 2.27. The Morgan fingerprint density at radius 2 is 1.77 bits per heavy atom. The van der Waals surface area contributed by atoms with Crippen molar-refractivity contribution in [1.29, 1.82) is 0 Å². The Morgan fingerprint density at radius 1 is 1.05 bits per heavy atom. The highest BCUT2D eigenvalue weighted by Gasteiger charge is 2.35. The highest BCUT2D eigenvalue weighted by atomic mass is 32.2. The molecule has 1 aromatic carbocycles. The standard InChI is InChI=1S/C24H31N3O4S2.C2H2O4/c28-24(27(16-22-2-1-12-32-22)21-6-13-33(29,30)18-21)17-26-9-7-25(8-10-26)15-19-3-4-23-20(14-19)5-11-31-23;3-1(4)2(5)6/h1-4,12,14,21H,5-11,13,15-18H2;(H,3,4)(H,5,6). The summed E-state index contributed by atoms with van der Waals surface area (Å²) in [5, 5.41) is 16.8. The number of carbonyl (C=O) groups is 3. The lowest BCUT2D eigenvalue weighted by Crippen LogP contribution is -2.51. The second-order valence-corrected chi connectivity index (χ2v) is 13.1. The maximum atomic E-state index is 13.3. The number of piperazine rings is 1. The van der Waals surface area contributed by atoms with E-state index in [9.17, 15) is 13.2 Å². The zero-order valence-corrected chi connectivity index (χ0v) is 23.2. The molecule has 39 heavy (non-hydrogen) atoms. The van der Waals surface area contributed by atoms with E-state index in [4.69, 9.17) is 24.5 Å². The first-order valence-corrected chi connectivity index (χ1v) is 15.5. The summed E-state index contributed by atoms with van der Waals surface area (Å²) in [6.45, 7) is 6.07. The van der Waals surface area contributed by atoms with Gasteiger partial charge in [0.05, 0.1) is 31.2 Å². The predicted octanol–water partition coefficient (Wildman–Crippen LogP) is 1.17. The van der Waals surface area contributed by atoms with Crippen LogP contribution in [0.3, 0.4) is 0 Å². The molecule has 13 heteroatoms. The van der Waals surface area contributed by atoms with Gasteiger partial charge in [0, 0.05) is 50.1 Å². The van der Waals surface area contributed by atoms with E-state index in [0.717, 1.165) is 56.4 Å². The van der Waals surface area contributed by atoms with Crippen molar-refractivity contribution < 1.29 is 37.8 Å². The molecule has 1 aromatic heterocycles. The average molecular weight is 580 g/mol. The number of thiophene rings is 1. The summed E-state index contributed by atoms with van der Waals surface area (Å²) in [5.41, 5.74) is 2.62. The third kappa shape index (κ3) is 8.24. The summed E-state index contributed by atoms with van der Waals surface area (Å²) < 4.78 is 29.7. The topological polar surface area (TPSA) is 145 Å². The molecule has 3 aliphatic rings. The number of sulfone groups is 1. The van der Waals surface area contributed by atoms with Crippen molar-refractivity contribution >= 4 is 39.0 Å². The molecule has 3 aliphatic heterocycles. The number of fused-ring (bicyclic) bond motifs is 1. The molecule has 1 unspecified atom stereocenters. The van der Waals surface area contributed by atoms with E-state index in [1.54, 1.807) is 11.3 Å². The first-order chi connectivity index (χ1) is 18.6. The molecule has 2 fully saturated rings. The van der Waals surface area contributed by atoms with Gasteiger partial charge in [-0.2, -0.15) is 0 Å². The molecule has 11 nitrogen and oxygen atoms in total. The van der Waals surface area contributed by atoms with Crippen LogP contribution in [-0.2, 0) is 43.7 Å².